The van der Waals surface area contributed by atoms with Crippen molar-refractivity contribution in [2.24, 2.45) is 0 Å². The third-order valence-electron chi connectivity index (χ3n) is 6.20. The number of benzene rings is 2. The summed E-state index contributed by atoms with van der Waals surface area (Å²) in [7, 11) is -4.35. The van der Waals surface area contributed by atoms with Crippen LogP contribution in [-0.4, -0.2) is 41.1 Å². The molecule has 1 atom stereocenters. The van der Waals surface area contributed by atoms with E-state index in [1.807, 2.05) is 0 Å². The van der Waals surface area contributed by atoms with E-state index < -0.39 is 50.2 Å². The lowest BCUT2D eigenvalue weighted by molar-refractivity contribution is -0.138. The molecule has 202 valence electrons. The molecule has 2 aromatic carbocycles. The van der Waals surface area contributed by atoms with Crippen molar-refractivity contribution in [3.8, 4) is 11.3 Å². The van der Waals surface area contributed by atoms with Gasteiger partial charge < -0.3 is 0 Å². The first kappa shape index (κ1) is 27.7. The van der Waals surface area contributed by atoms with Crippen LogP contribution in [0.4, 0.5) is 26.3 Å². The summed E-state index contributed by atoms with van der Waals surface area (Å²) in [4.78, 5) is 20.6. The van der Waals surface area contributed by atoms with Gasteiger partial charge in [-0.2, -0.15) is 30.6 Å². The largest absolute Gasteiger partial charge is 0.416 e. The minimum atomic E-state index is -4.72. The summed E-state index contributed by atoms with van der Waals surface area (Å²) in [6, 6.07) is 8.31. The molecule has 0 unspecified atom stereocenters. The minimum Gasteiger partial charge on any atom is -0.298 e. The molecule has 2 heterocycles. The maximum atomic E-state index is 13.1. The minimum absolute atomic E-state index is 0.000557. The van der Waals surface area contributed by atoms with Gasteiger partial charge in [0.15, 0.2) is 5.78 Å². The third-order valence-corrected chi connectivity index (χ3v) is 8.11. The molecule has 0 aliphatic carbocycles. The number of aromatic nitrogens is 2. The quantitative estimate of drug-likeness (QED) is 0.357. The van der Waals surface area contributed by atoms with E-state index in [1.165, 1.54) is 24.5 Å². The molecular formula is C25H21F6N3O3S. The lowest BCUT2D eigenvalue weighted by Gasteiger charge is -2.23. The van der Waals surface area contributed by atoms with Gasteiger partial charge in [-0.1, -0.05) is 18.2 Å². The lowest BCUT2D eigenvalue weighted by atomic mass is 10.0. The second kappa shape index (κ2) is 10.4. The van der Waals surface area contributed by atoms with Crippen LogP contribution in [0.1, 0.15) is 36.1 Å². The summed E-state index contributed by atoms with van der Waals surface area (Å²) in [5, 5.41) is 0. The number of sulfonamides is 1. The van der Waals surface area contributed by atoms with Crippen LogP contribution >= 0.6 is 0 Å². The summed E-state index contributed by atoms with van der Waals surface area (Å²) >= 11 is 0. The van der Waals surface area contributed by atoms with Crippen LogP contribution in [0, 0.1) is 0 Å². The summed E-state index contributed by atoms with van der Waals surface area (Å²) in [5.74, 6) is -0.409. The van der Waals surface area contributed by atoms with Gasteiger partial charge in [-0.15, -0.1) is 0 Å². The van der Waals surface area contributed by atoms with Gasteiger partial charge in [0.1, 0.15) is 6.33 Å². The number of carbonyl (C=O) groups excluding carboxylic acids is 1. The number of hydrogen-bond donors (Lipinski definition) is 0. The Balaban J connectivity index is 1.46. The molecule has 3 aromatic rings. The van der Waals surface area contributed by atoms with Crippen molar-refractivity contribution < 1.29 is 39.6 Å². The molecule has 4 rings (SSSR count). The molecule has 13 heteroatoms. The van der Waals surface area contributed by atoms with Crippen molar-refractivity contribution in [3.63, 3.8) is 0 Å². The number of aryl methyl sites for hydroxylation is 1. The van der Waals surface area contributed by atoms with E-state index in [-0.39, 0.29) is 25.8 Å². The number of hydrogen-bond acceptors (Lipinski definition) is 5. The Morgan fingerprint density at radius 1 is 0.921 bits per heavy atom. The van der Waals surface area contributed by atoms with Gasteiger partial charge in [0.25, 0.3) is 0 Å². The lowest BCUT2D eigenvalue weighted by Crippen LogP contribution is -2.40. The first-order valence-corrected chi connectivity index (χ1v) is 12.9. The van der Waals surface area contributed by atoms with E-state index in [2.05, 4.69) is 9.97 Å². The van der Waals surface area contributed by atoms with Crippen LogP contribution in [0.5, 0.6) is 0 Å². The average molecular weight is 558 g/mol. The predicted octanol–water partition coefficient (Wildman–Crippen LogP) is 5.54. The second-order valence-corrected chi connectivity index (χ2v) is 10.6. The average Bonchev–Trinajstić information content (AvgIpc) is 3.38. The van der Waals surface area contributed by atoms with Gasteiger partial charge in [-0.05, 0) is 55.7 Å². The monoisotopic (exact) mass is 557 g/mol. The van der Waals surface area contributed by atoms with Crippen molar-refractivity contribution in [3.05, 3.63) is 77.7 Å². The first-order chi connectivity index (χ1) is 17.8. The normalized spacial score (nSPS) is 17.1. The molecule has 6 nitrogen and oxygen atoms in total. The molecule has 1 aromatic heterocycles. The maximum absolute atomic E-state index is 13.1. The van der Waals surface area contributed by atoms with E-state index in [1.54, 1.807) is 0 Å². The van der Waals surface area contributed by atoms with E-state index in [0.717, 1.165) is 34.6 Å². The zero-order chi connectivity index (χ0) is 27.7. The fourth-order valence-electron chi connectivity index (χ4n) is 4.26. The van der Waals surface area contributed by atoms with E-state index >= 15 is 0 Å². The van der Waals surface area contributed by atoms with Crippen molar-refractivity contribution >= 4 is 15.8 Å². The number of ketones is 1. The number of halogens is 6. The third kappa shape index (κ3) is 6.04. The summed E-state index contributed by atoms with van der Waals surface area (Å²) in [5.41, 5.74) is -0.711. The second-order valence-electron chi connectivity index (χ2n) is 8.74. The highest BCUT2D eigenvalue weighted by Gasteiger charge is 2.40. The van der Waals surface area contributed by atoms with Crippen LogP contribution in [-0.2, 0) is 33.6 Å². The van der Waals surface area contributed by atoms with E-state index in [0.29, 0.717) is 29.4 Å². The van der Waals surface area contributed by atoms with Gasteiger partial charge in [0.2, 0.25) is 10.0 Å². The zero-order valence-corrected chi connectivity index (χ0v) is 20.4. The van der Waals surface area contributed by atoms with Crippen LogP contribution < -0.4 is 0 Å². The number of nitrogens with zero attached hydrogens (tertiary/aromatic N) is 3. The molecule has 1 aliphatic heterocycles. The van der Waals surface area contributed by atoms with Crippen molar-refractivity contribution in [1.29, 1.82) is 0 Å². The molecule has 0 amide bonds. The van der Waals surface area contributed by atoms with Gasteiger partial charge >= 0.3 is 12.4 Å². The topological polar surface area (TPSA) is 80.2 Å². The Morgan fingerprint density at radius 3 is 2.26 bits per heavy atom. The molecule has 0 spiro atoms. The smallest absolute Gasteiger partial charge is 0.298 e. The Kier molecular flexibility index (Phi) is 7.62. The van der Waals surface area contributed by atoms with Gasteiger partial charge in [0, 0.05) is 24.2 Å². The number of carbonyl (C=O) groups is 1. The fourth-order valence-corrected chi connectivity index (χ4v) is 5.98. The fraction of sp³-hybridized carbons (Fsp3) is 0.320. The van der Waals surface area contributed by atoms with E-state index in [4.69, 9.17) is 0 Å². The van der Waals surface area contributed by atoms with Crippen molar-refractivity contribution in [2.45, 2.75) is 49.0 Å². The Hall–Kier alpha value is -3.32. The number of alkyl halides is 6. The Bertz CT molecular complexity index is 1420. The number of rotatable bonds is 7. The van der Waals surface area contributed by atoms with Gasteiger partial charge in [0.05, 0.1) is 27.8 Å². The van der Waals surface area contributed by atoms with Gasteiger partial charge in [-0.3, -0.25) is 4.79 Å². The molecule has 0 saturated carbocycles. The highest BCUT2D eigenvalue weighted by molar-refractivity contribution is 7.89. The molecule has 1 saturated heterocycles. The summed E-state index contributed by atoms with van der Waals surface area (Å²) in [6.07, 6.45) is -7.35. The van der Waals surface area contributed by atoms with Crippen molar-refractivity contribution in [1.82, 2.24) is 14.3 Å². The Morgan fingerprint density at radius 2 is 1.61 bits per heavy atom. The molecule has 0 N–H and O–H groups in total. The van der Waals surface area contributed by atoms with Crippen LogP contribution in [0.3, 0.4) is 0 Å². The van der Waals surface area contributed by atoms with E-state index in [9.17, 15) is 39.6 Å². The van der Waals surface area contributed by atoms with Crippen molar-refractivity contribution in [2.75, 3.05) is 6.54 Å². The number of Topliss-reactive ketones (excluding diaryl/α,β-unsaturated/α-hetero) is 1. The van der Waals surface area contributed by atoms with Crippen LogP contribution in [0.2, 0.25) is 0 Å². The molecule has 1 aliphatic rings. The highest BCUT2D eigenvalue weighted by atomic mass is 32.2. The zero-order valence-electron chi connectivity index (χ0n) is 19.6. The van der Waals surface area contributed by atoms with Crippen LogP contribution in [0.25, 0.3) is 11.3 Å². The Labute approximate surface area is 214 Å². The molecule has 0 bridgehead atoms. The SMILES string of the molecule is O=C(CCc1cc(-c2ccc(C(F)(F)F)cc2)ncn1)[C@@H]1CCCN1S(=O)(=O)c1cccc(C(F)(F)F)c1. The maximum Gasteiger partial charge on any atom is 0.416 e. The highest BCUT2D eigenvalue weighted by Crippen LogP contribution is 2.34. The first-order valence-electron chi connectivity index (χ1n) is 11.5. The molecule has 0 radical (unpaired) electrons. The van der Waals surface area contributed by atoms with Crippen LogP contribution in [0.15, 0.2) is 65.8 Å². The standard InChI is InChI=1S/C25H21F6N3O3S/c26-24(27,28)17-8-6-16(7-9-17)21-14-19(32-15-33-21)10-11-23(35)22-5-2-12-34(22)38(36,37)20-4-1-3-18(13-20)25(29,30)31/h1,3-4,6-9,13-15,22H,2,5,10-12H2/t22-/m0/s1. The molecule has 1 fully saturated rings. The summed E-state index contributed by atoms with van der Waals surface area (Å²) < 4.78 is 105. The van der Waals surface area contributed by atoms with Gasteiger partial charge in [-0.25, -0.2) is 18.4 Å². The molecule has 38 heavy (non-hydrogen) atoms. The summed E-state index contributed by atoms with van der Waals surface area (Å²) in [6.45, 7) is 0.000557. The molecular weight excluding hydrogens is 536 g/mol. The predicted molar refractivity (Wildman–Crippen MR) is 124 cm³/mol.